The van der Waals surface area contributed by atoms with Crippen LogP contribution >= 0.6 is 0 Å². The highest BCUT2D eigenvalue weighted by molar-refractivity contribution is 7.85. The van der Waals surface area contributed by atoms with E-state index in [9.17, 15) is 27.7 Å². The van der Waals surface area contributed by atoms with E-state index in [4.69, 9.17) is 4.42 Å². The van der Waals surface area contributed by atoms with E-state index in [1.54, 1.807) is 42.5 Å². The Bertz CT molecular complexity index is 1340. The van der Waals surface area contributed by atoms with Gasteiger partial charge >= 0.3 is 5.97 Å². The summed E-state index contributed by atoms with van der Waals surface area (Å²) in [6.45, 7) is 0. The van der Waals surface area contributed by atoms with E-state index >= 15 is 0 Å². The lowest BCUT2D eigenvalue weighted by molar-refractivity contribution is -0.113. The SMILES string of the molecule is O=C(O)c1ccc(S(=O)(=O)O)cc1N1C(=O)/C(=C/c2ccco2)N=C1c1ccccc1. The van der Waals surface area contributed by atoms with Crippen LogP contribution in [0, 0.1) is 0 Å². The van der Waals surface area contributed by atoms with Crippen molar-refractivity contribution >= 4 is 39.6 Å². The fraction of sp³-hybridized carbons (Fsp3) is 0. The molecule has 156 valence electrons. The lowest BCUT2D eigenvalue weighted by Gasteiger charge is -2.21. The van der Waals surface area contributed by atoms with Crippen LogP contribution in [0.25, 0.3) is 6.08 Å². The average molecular weight is 438 g/mol. The van der Waals surface area contributed by atoms with Crippen molar-refractivity contribution in [3.63, 3.8) is 0 Å². The minimum Gasteiger partial charge on any atom is -0.478 e. The fourth-order valence-corrected chi connectivity index (χ4v) is 3.57. The highest BCUT2D eigenvalue weighted by atomic mass is 32.2. The lowest BCUT2D eigenvalue weighted by atomic mass is 10.1. The highest BCUT2D eigenvalue weighted by Crippen LogP contribution is 2.32. The fourth-order valence-electron chi connectivity index (χ4n) is 3.07. The molecule has 0 aliphatic carbocycles. The standard InChI is InChI=1S/C21H14N2O7S/c24-20-17(11-14-7-4-10-30-14)22-19(13-5-2-1-3-6-13)23(20)18-12-15(31(27,28)29)8-9-16(18)21(25)26/h1-12H,(H,25,26)(H,27,28,29)/b17-11-. The van der Waals surface area contributed by atoms with Crippen molar-refractivity contribution in [2.75, 3.05) is 4.90 Å². The molecule has 1 aliphatic rings. The summed E-state index contributed by atoms with van der Waals surface area (Å²) in [4.78, 5) is 29.9. The zero-order chi connectivity index (χ0) is 22.2. The van der Waals surface area contributed by atoms with E-state index in [-0.39, 0.29) is 22.8 Å². The number of carboxylic acids is 1. The normalized spacial score (nSPS) is 15.4. The molecule has 1 aromatic heterocycles. The van der Waals surface area contributed by atoms with Gasteiger partial charge in [0.15, 0.2) is 0 Å². The zero-order valence-corrected chi connectivity index (χ0v) is 16.5. The van der Waals surface area contributed by atoms with Gasteiger partial charge in [-0.25, -0.2) is 9.79 Å². The summed E-state index contributed by atoms with van der Waals surface area (Å²) in [5.41, 5.74) is -0.142. The maximum Gasteiger partial charge on any atom is 0.337 e. The number of carbonyl (C=O) groups is 2. The van der Waals surface area contributed by atoms with Gasteiger partial charge in [-0.2, -0.15) is 8.42 Å². The molecular formula is C21H14N2O7S. The molecule has 2 N–H and O–H groups in total. The Morgan fingerprint density at radius 1 is 1.06 bits per heavy atom. The Kier molecular flexibility index (Phi) is 5.01. The van der Waals surface area contributed by atoms with Crippen molar-refractivity contribution in [2.45, 2.75) is 4.90 Å². The predicted molar refractivity (Wildman–Crippen MR) is 110 cm³/mol. The van der Waals surface area contributed by atoms with Crippen LogP contribution in [0.4, 0.5) is 5.69 Å². The van der Waals surface area contributed by atoms with Gasteiger partial charge < -0.3 is 9.52 Å². The first-order valence-corrected chi connectivity index (χ1v) is 10.3. The third-order valence-electron chi connectivity index (χ3n) is 4.45. The van der Waals surface area contributed by atoms with Gasteiger partial charge in [0.1, 0.15) is 17.3 Å². The number of hydrogen-bond donors (Lipinski definition) is 2. The van der Waals surface area contributed by atoms with Crippen molar-refractivity contribution in [1.82, 2.24) is 0 Å². The zero-order valence-electron chi connectivity index (χ0n) is 15.7. The van der Waals surface area contributed by atoms with Crippen molar-refractivity contribution in [3.8, 4) is 0 Å². The smallest absolute Gasteiger partial charge is 0.337 e. The van der Waals surface area contributed by atoms with Gasteiger partial charge in [-0.15, -0.1) is 0 Å². The summed E-state index contributed by atoms with van der Waals surface area (Å²) in [5.74, 6) is -1.63. The van der Waals surface area contributed by atoms with Crippen LogP contribution in [0.1, 0.15) is 21.7 Å². The van der Waals surface area contributed by atoms with Crippen molar-refractivity contribution in [1.29, 1.82) is 0 Å². The van der Waals surface area contributed by atoms with E-state index in [2.05, 4.69) is 4.99 Å². The van der Waals surface area contributed by atoms with E-state index in [1.807, 2.05) is 0 Å². The molecule has 0 atom stereocenters. The quantitative estimate of drug-likeness (QED) is 0.461. The Morgan fingerprint density at radius 2 is 1.81 bits per heavy atom. The molecule has 3 aromatic rings. The average Bonchev–Trinajstić information content (AvgIpc) is 3.36. The number of nitrogens with zero attached hydrogens (tertiary/aromatic N) is 2. The van der Waals surface area contributed by atoms with Crippen LogP contribution in [-0.4, -0.2) is 35.8 Å². The molecule has 9 nitrogen and oxygen atoms in total. The highest BCUT2D eigenvalue weighted by Gasteiger charge is 2.35. The number of aliphatic imine (C=N–C) groups is 1. The van der Waals surface area contributed by atoms with Crippen LogP contribution in [0.5, 0.6) is 0 Å². The molecule has 2 aromatic carbocycles. The molecule has 1 amide bonds. The van der Waals surface area contributed by atoms with E-state index in [0.29, 0.717) is 11.3 Å². The Hall–Kier alpha value is -4.02. The van der Waals surface area contributed by atoms with Gasteiger partial charge in [0.05, 0.1) is 22.4 Å². The molecule has 0 radical (unpaired) electrons. The maximum absolute atomic E-state index is 13.2. The summed E-state index contributed by atoms with van der Waals surface area (Å²) in [6.07, 6.45) is 2.81. The van der Waals surface area contributed by atoms with Crippen LogP contribution in [0.3, 0.4) is 0 Å². The second-order valence-electron chi connectivity index (χ2n) is 6.45. The molecule has 0 saturated heterocycles. The molecule has 31 heavy (non-hydrogen) atoms. The molecule has 0 bridgehead atoms. The number of furan rings is 1. The Labute approximate surface area is 176 Å². The summed E-state index contributed by atoms with van der Waals surface area (Å²) < 4.78 is 37.9. The predicted octanol–water partition coefficient (Wildman–Crippen LogP) is 3.06. The maximum atomic E-state index is 13.2. The van der Waals surface area contributed by atoms with Crippen molar-refractivity contribution in [3.05, 3.63) is 89.5 Å². The van der Waals surface area contributed by atoms with E-state index in [0.717, 1.165) is 23.1 Å². The molecular weight excluding hydrogens is 424 g/mol. The summed E-state index contributed by atoms with van der Waals surface area (Å²) >= 11 is 0. The first kappa shape index (κ1) is 20.3. The van der Waals surface area contributed by atoms with Gasteiger partial charge in [-0.05, 0) is 30.3 Å². The number of amidine groups is 1. The number of rotatable bonds is 5. The van der Waals surface area contributed by atoms with E-state index in [1.165, 1.54) is 12.3 Å². The molecule has 0 spiro atoms. The summed E-state index contributed by atoms with van der Waals surface area (Å²) in [5, 5.41) is 9.62. The largest absolute Gasteiger partial charge is 0.478 e. The Balaban J connectivity index is 1.95. The van der Waals surface area contributed by atoms with Crippen molar-refractivity contribution < 1.29 is 32.1 Å². The van der Waals surface area contributed by atoms with E-state index < -0.39 is 26.9 Å². The number of carboxylic acid groups (broad SMARTS) is 1. The first-order chi connectivity index (χ1) is 14.8. The van der Waals surface area contributed by atoms with Gasteiger partial charge in [-0.1, -0.05) is 30.3 Å². The van der Waals surface area contributed by atoms with Gasteiger partial charge in [0.25, 0.3) is 16.0 Å². The number of hydrogen-bond acceptors (Lipinski definition) is 6. The number of amides is 1. The van der Waals surface area contributed by atoms with Crippen LogP contribution in [0.15, 0.2) is 86.9 Å². The number of anilines is 1. The first-order valence-electron chi connectivity index (χ1n) is 8.84. The molecule has 10 heteroatoms. The lowest BCUT2D eigenvalue weighted by Crippen LogP contribution is -2.34. The topological polar surface area (TPSA) is 137 Å². The number of carbonyl (C=O) groups excluding carboxylic acids is 1. The Morgan fingerprint density at radius 3 is 2.42 bits per heavy atom. The number of aromatic carboxylic acids is 1. The minimum atomic E-state index is -4.65. The van der Waals surface area contributed by atoms with Crippen LogP contribution in [-0.2, 0) is 14.9 Å². The second kappa shape index (κ2) is 7.67. The second-order valence-corrected chi connectivity index (χ2v) is 7.87. The molecule has 4 rings (SSSR count). The van der Waals surface area contributed by atoms with Gasteiger partial charge in [0, 0.05) is 11.6 Å². The molecule has 1 aliphatic heterocycles. The third kappa shape index (κ3) is 3.89. The molecule has 2 heterocycles. The van der Waals surface area contributed by atoms with Crippen molar-refractivity contribution in [2.24, 2.45) is 4.99 Å². The van der Waals surface area contributed by atoms with Crippen LogP contribution < -0.4 is 4.90 Å². The number of benzene rings is 2. The van der Waals surface area contributed by atoms with Crippen LogP contribution in [0.2, 0.25) is 0 Å². The molecule has 0 fully saturated rings. The minimum absolute atomic E-state index is 0.0394. The van der Waals surface area contributed by atoms with Gasteiger partial charge in [0.2, 0.25) is 0 Å². The monoisotopic (exact) mass is 438 g/mol. The molecule has 0 unspecified atom stereocenters. The summed E-state index contributed by atoms with van der Waals surface area (Å²) in [7, 11) is -4.65. The third-order valence-corrected chi connectivity index (χ3v) is 5.30. The van der Waals surface area contributed by atoms with Gasteiger partial charge in [-0.3, -0.25) is 14.2 Å². The molecule has 0 saturated carbocycles. The summed E-state index contributed by atoms with van der Waals surface area (Å²) in [6, 6.07) is 14.6.